The van der Waals surface area contributed by atoms with E-state index < -0.39 is 23.3 Å². The number of amides is 1. The number of imidazole rings is 1. The second kappa shape index (κ2) is 7.25. The molecule has 0 unspecified atom stereocenters. The summed E-state index contributed by atoms with van der Waals surface area (Å²) in [5.41, 5.74) is -0.744. The van der Waals surface area contributed by atoms with E-state index >= 15 is 0 Å². The number of halogens is 4. The zero-order chi connectivity index (χ0) is 19.6. The van der Waals surface area contributed by atoms with Crippen LogP contribution in [0.25, 0.3) is 11.7 Å². The summed E-state index contributed by atoms with van der Waals surface area (Å²) < 4.78 is 41.5. The van der Waals surface area contributed by atoms with Crippen molar-refractivity contribution >= 4 is 39.2 Å². The van der Waals surface area contributed by atoms with Crippen LogP contribution in [0.2, 0.25) is 0 Å². The number of nitriles is 1. The van der Waals surface area contributed by atoms with Gasteiger partial charge in [-0.3, -0.25) is 9.20 Å². The van der Waals surface area contributed by atoms with Crippen LogP contribution in [0.1, 0.15) is 11.3 Å². The Kier molecular flexibility index (Phi) is 5.01. The average Bonchev–Trinajstić information content (AvgIpc) is 3.01. The van der Waals surface area contributed by atoms with Gasteiger partial charge in [-0.05, 0) is 46.3 Å². The first-order valence-corrected chi connectivity index (χ1v) is 8.31. The number of anilines is 1. The number of fused-ring (bicyclic) bond motifs is 1. The van der Waals surface area contributed by atoms with Gasteiger partial charge in [-0.2, -0.15) is 18.4 Å². The smallest absolute Gasteiger partial charge is 0.321 e. The van der Waals surface area contributed by atoms with Crippen molar-refractivity contribution in [2.75, 3.05) is 5.32 Å². The monoisotopic (exact) mass is 434 g/mol. The third kappa shape index (κ3) is 4.01. The topological polar surface area (TPSA) is 70.2 Å². The average molecular weight is 435 g/mol. The van der Waals surface area contributed by atoms with E-state index in [1.807, 2.05) is 0 Å². The molecular weight excluding hydrogens is 425 g/mol. The van der Waals surface area contributed by atoms with Gasteiger partial charge in [-0.1, -0.05) is 12.1 Å². The van der Waals surface area contributed by atoms with Crippen LogP contribution in [0.15, 0.2) is 58.8 Å². The third-order valence-electron chi connectivity index (χ3n) is 3.64. The van der Waals surface area contributed by atoms with Crippen molar-refractivity contribution in [1.82, 2.24) is 9.38 Å². The van der Waals surface area contributed by atoms with E-state index in [1.165, 1.54) is 24.4 Å². The van der Waals surface area contributed by atoms with Crippen LogP contribution in [-0.2, 0) is 11.0 Å². The summed E-state index contributed by atoms with van der Waals surface area (Å²) in [5.74, 6) is -0.945. The fraction of sp³-hybridized carbons (Fsp3) is 0.0556. The highest BCUT2D eigenvalue weighted by Crippen LogP contribution is 2.34. The Balaban J connectivity index is 1.95. The van der Waals surface area contributed by atoms with Gasteiger partial charge in [0.2, 0.25) is 0 Å². The van der Waals surface area contributed by atoms with E-state index in [0.717, 1.165) is 16.6 Å². The van der Waals surface area contributed by atoms with Crippen molar-refractivity contribution in [2.24, 2.45) is 0 Å². The van der Waals surface area contributed by atoms with Crippen LogP contribution in [0.3, 0.4) is 0 Å². The first kappa shape index (κ1) is 18.7. The summed E-state index contributed by atoms with van der Waals surface area (Å²) in [6, 6.07) is 9.78. The summed E-state index contributed by atoms with van der Waals surface area (Å²) >= 11 is 3.31. The van der Waals surface area contributed by atoms with E-state index in [9.17, 15) is 23.2 Å². The number of nitrogens with one attached hydrogen (secondary N) is 1. The summed E-state index contributed by atoms with van der Waals surface area (Å²) in [7, 11) is 0. The minimum atomic E-state index is -4.63. The van der Waals surface area contributed by atoms with E-state index in [-0.39, 0.29) is 5.57 Å². The van der Waals surface area contributed by atoms with E-state index in [1.54, 1.807) is 28.8 Å². The maximum Gasteiger partial charge on any atom is 0.418 e. The molecule has 0 aliphatic carbocycles. The second-order valence-corrected chi connectivity index (χ2v) is 6.34. The fourth-order valence-corrected chi connectivity index (χ4v) is 2.74. The first-order chi connectivity index (χ1) is 12.8. The highest BCUT2D eigenvalue weighted by Gasteiger charge is 2.33. The SMILES string of the molecule is N#CC(=Cc1cnc2ccc(Br)cn12)C(=O)Nc1ccccc1C(F)(F)F. The van der Waals surface area contributed by atoms with Gasteiger partial charge in [-0.15, -0.1) is 0 Å². The second-order valence-electron chi connectivity index (χ2n) is 5.43. The number of carbonyl (C=O) groups excluding carboxylic acids is 1. The van der Waals surface area contributed by atoms with Crippen molar-refractivity contribution in [3.63, 3.8) is 0 Å². The Morgan fingerprint density at radius 3 is 2.70 bits per heavy atom. The molecule has 0 saturated heterocycles. The molecule has 0 bridgehead atoms. The minimum Gasteiger partial charge on any atom is -0.321 e. The van der Waals surface area contributed by atoms with Gasteiger partial charge in [0.05, 0.1) is 23.1 Å². The molecule has 0 atom stereocenters. The summed E-state index contributed by atoms with van der Waals surface area (Å²) in [6.07, 6.45) is -0.220. The predicted octanol–water partition coefficient (Wildman–Crippen LogP) is 4.66. The van der Waals surface area contributed by atoms with Crippen molar-refractivity contribution in [2.45, 2.75) is 6.18 Å². The largest absolute Gasteiger partial charge is 0.418 e. The summed E-state index contributed by atoms with van der Waals surface area (Å²) in [4.78, 5) is 16.5. The van der Waals surface area contributed by atoms with Crippen molar-refractivity contribution in [1.29, 1.82) is 5.26 Å². The molecule has 0 spiro atoms. The van der Waals surface area contributed by atoms with E-state index in [2.05, 4.69) is 26.2 Å². The Hall–Kier alpha value is -3.12. The fourth-order valence-electron chi connectivity index (χ4n) is 2.41. The van der Waals surface area contributed by atoms with Crippen LogP contribution in [0.4, 0.5) is 18.9 Å². The van der Waals surface area contributed by atoms with Crippen LogP contribution >= 0.6 is 15.9 Å². The molecule has 0 saturated carbocycles. The van der Waals surface area contributed by atoms with Gasteiger partial charge in [-0.25, -0.2) is 4.98 Å². The lowest BCUT2D eigenvalue weighted by Crippen LogP contribution is -2.17. The number of rotatable bonds is 3. The molecule has 0 fully saturated rings. The van der Waals surface area contributed by atoms with Crippen LogP contribution < -0.4 is 5.32 Å². The third-order valence-corrected chi connectivity index (χ3v) is 4.11. The number of para-hydroxylation sites is 1. The first-order valence-electron chi connectivity index (χ1n) is 7.51. The van der Waals surface area contributed by atoms with Gasteiger partial charge < -0.3 is 5.32 Å². The molecule has 1 N–H and O–H groups in total. The molecule has 1 aromatic carbocycles. The number of hydrogen-bond acceptors (Lipinski definition) is 3. The highest BCUT2D eigenvalue weighted by molar-refractivity contribution is 9.10. The van der Waals surface area contributed by atoms with Crippen molar-refractivity contribution in [3.05, 3.63) is 70.1 Å². The van der Waals surface area contributed by atoms with Crippen molar-refractivity contribution < 1.29 is 18.0 Å². The van der Waals surface area contributed by atoms with Crippen LogP contribution in [0, 0.1) is 11.3 Å². The lowest BCUT2D eigenvalue weighted by atomic mass is 10.1. The lowest BCUT2D eigenvalue weighted by molar-refractivity contribution is -0.137. The molecule has 0 aliphatic rings. The Labute approximate surface area is 159 Å². The Morgan fingerprint density at radius 2 is 2.00 bits per heavy atom. The van der Waals surface area contributed by atoms with Gasteiger partial charge >= 0.3 is 6.18 Å². The summed E-state index contributed by atoms with van der Waals surface area (Å²) in [5, 5.41) is 11.4. The van der Waals surface area contributed by atoms with Crippen LogP contribution in [0.5, 0.6) is 0 Å². The molecule has 136 valence electrons. The number of hydrogen-bond donors (Lipinski definition) is 1. The maximum atomic E-state index is 13.1. The Morgan fingerprint density at radius 1 is 1.26 bits per heavy atom. The number of aromatic nitrogens is 2. The molecule has 27 heavy (non-hydrogen) atoms. The molecule has 2 heterocycles. The number of benzene rings is 1. The molecule has 1 amide bonds. The number of alkyl halides is 3. The Bertz CT molecular complexity index is 1100. The zero-order valence-corrected chi connectivity index (χ0v) is 15.0. The van der Waals surface area contributed by atoms with Gasteiger partial charge in [0, 0.05) is 10.7 Å². The standard InChI is InChI=1S/C18H10BrF3N4O/c19-12-5-6-16-24-9-13(26(16)10-12)7-11(8-23)17(27)25-15-4-2-1-3-14(15)18(20,21)22/h1-7,9-10H,(H,25,27). The molecule has 5 nitrogen and oxygen atoms in total. The quantitative estimate of drug-likeness (QED) is 0.481. The predicted molar refractivity (Wildman–Crippen MR) is 96.6 cm³/mol. The molecule has 9 heteroatoms. The molecule has 0 aliphatic heterocycles. The van der Waals surface area contributed by atoms with Gasteiger partial charge in [0.25, 0.3) is 5.91 Å². The number of carbonyl (C=O) groups is 1. The number of nitrogens with zero attached hydrogens (tertiary/aromatic N) is 3. The van der Waals surface area contributed by atoms with Gasteiger partial charge in [0.15, 0.2) is 0 Å². The highest BCUT2D eigenvalue weighted by atomic mass is 79.9. The molecule has 2 aromatic heterocycles. The normalized spacial score (nSPS) is 12.0. The minimum absolute atomic E-state index is 0.353. The molecule has 3 rings (SSSR count). The summed E-state index contributed by atoms with van der Waals surface area (Å²) in [6.45, 7) is 0. The van der Waals surface area contributed by atoms with Crippen molar-refractivity contribution in [3.8, 4) is 6.07 Å². The van der Waals surface area contributed by atoms with E-state index in [4.69, 9.17) is 0 Å². The maximum absolute atomic E-state index is 13.1. The van der Waals surface area contributed by atoms with Crippen LogP contribution in [-0.4, -0.2) is 15.3 Å². The lowest BCUT2D eigenvalue weighted by Gasteiger charge is -2.13. The molecule has 3 aromatic rings. The molecule has 0 radical (unpaired) electrons. The van der Waals surface area contributed by atoms with E-state index in [0.29, 0.717) is 11.3 Å². The molecular formula is C18H10BrF3N4O. The number of pyridine rings is 1. The zero-order valence-electron chi connectivity index (χ0n) is 13.5. The van der Waals surface area contributed by atoms with Gasteiger partial charge in [0.1, 0.15) is 17.3 Å².